The number of rotatable bonds is 3. The van der Waals surface area contributed by atoms with Crippen molar-refractivity contribution in [3.63, 3.8) is 0 Å². The van der Waals surface area contributed by atoms with Gasteiger partial charge in [-0.3, -0.25) is 0 Å². The molecule has 86 valence electrons. The topological polar surface area (TPSA) is 17.8 Å². The summed E-state index contributed by atoms with van der Waals surface area (Å²) in [5.41, 5.74) is 2.33. The Labute approximate surface area is 101 Å². The number of aromatic nitrogens is 2. The molecule has 2 nitrogen and oxygen atoms in total. The van der Waals surface area contributed by atoms with Gasteiger partial charge in [0.25, 0.3) is 0 Å². The third-order valence-corrected chi connectivity index (χ3v) is 3.39. The van der Waals surface area contributed by atoms with E-state index in [4.69, 9.17) is 4.98 Å². The van der Waals surface area contributed by atoms with Crippen molar-refractivity contribution in [2.75, 3.05) is 0 Å². The van der Waals surface area contributed by atoms with E-state index >= 15 is 0 Å². The van der Waals surface area contributed by atoms with Crippen molar-refractivity contribution < 1.29 is 0 Å². The van der Waals surface area contributed by atoms with Crippen LogP contribution in [-0.4, -0.2) is 14.8 Å². The molecule has 0 atom stereocenters. The molecule has 0 saturated heterocycles. The SMILES string of the molecule is CC(C)Sc1nc2ccccc2n1C(C)C. The summed E-state index contributed by atoms with van der Waals surface area (Å²) >= 11 is 1.83. The van der Waals surface area contributed by atoms with Gasteiger partial charge in [0.15, 0.2) is 5.16 Å². The van der Waals surface area contributed by atoms with Crippen LogP contribution >= 0.6 is 11.8 Å². The van der Waals surface area contributed by atoms with Crippen LogP contribution in [-0.2, 0) is 0 Å². The van der Waals surface area contributed by atoms with Crippen molar-refractivity contribution in [1.82, 2.24) is 9.55 Å². The van der Waals surface area contributed by atoms with E-state index in [0.29, 0.717) is 11.3 Å². The quantitative estimate of drug-likeness (QED) is 0.743. The third kappa shape index (κ3) is 2.09. The molecule has 1 heterocycles. The molecule has 0 saturated carbocycles. The Morgan fingerprint density at radius 1 is 1.12 bits per heavy atom. The van der Waals surface area contributed by atoms with E-state index in [1.54, 1.807) is 0 Å². The lowest BCUT2D eigenvalue weighted by molar-refractivity contribution is 0.566. The summed E-state index contributed by atoms with van der Waals surface area (Å²) in [5, 5.41) is 1.69. The van der Waals surface area contributed by atoms with Crippen LogP contribution in [0.25, 0.3) is 11.0 Å². The molecule has 0 spiro atoms. The first-order chi connectivity index (χ1) is 7.59. The number of hydrogen-bond donors (Lipinski definition) is 0. The number of hydrogen-bond acceptors (Lipinski definition) is 2. The van der Waals surface area contributed by atoms with Crippen molar-refractivity contribution in [3.8, 4) is 0 Å². The fraction of sp³-hybridized carbons (Fsp3) is 0.462. The molecule has 0 amide bonds. The van der Waals surface area contributed by atoms with E-state index < -0.39 is 0 Å². The highest BCUT2D eigenvalue weighted by molar-refractivity contribution is 7.99. The van der Waals surface area contributed by atoms with Crippen molar-refractivity contribution in [1.29, 1.82) is 0 Å². The Morgan fingerprint density at radius 2 is 1.81 bits per heavy atom. The second kappa shape index (κ2) is 4.50. The Hall–Kier alpha value is -0.960. The lowest BCUT2D eigenvalue weighted by atomic mass is 10.3. The second-order valence-corrected chi connectivity index (χ2v) is 6.06. The van der Waals surface area contributed by atoms with Crippen LogP contribution < -0.4 is 0 Å². The maximum absolute atomic E-state index is 4.70. The molecular weight excluding hydrogens is 216 g/mol. The molecule has 0 unspecified atom stereocenters. The van der Waals surface area contributed by atoms with E-state index in [1.807, 2.05) is 17.8 Å². The van der Waals surface area contributed by atoms with Gasteiger partial charge >= 0.3 is 0 Å². The number of nitrogens with zero attached hydrogens (tertiary/aromatic N) is 2. The largest absolute Gasteiger partial charge is 0.316 e. The van der Waals surface area contributed by atoms with Crippen LogP contribution in [0.2, 0.25) is 0 Å². The summed E-state index contributed by atoms with van der Waals surface area (Å²) in [6.07, 6.45) is 0. The standard InChI is InChI=1S/C13H18N2S/c1-9(2)15-12-8-6-5-7-11(12)14-13(15)16-10(3)4/h5-10H,1-4H3. The summed E-state index contributed by atoms with van der Waals surface area (Å²) < 4.78 is 2.32. The molecule has 0 bridgehead atoms. The molecule has 0 aliphatic rings. The molecular formula is C13H18N2S. The molecule has 0 fully saturated rings. The highest BCUT2D eigenvalue weighted by Gasteiger charge is 2.14. The third-order valence-electron chi connectivity index (χ3n) is 2.42. The van der Waals surface area contributed by atoms with E-state index in [1.165, 1.54) is 5.52 Å². The van der Waals surface area contributed by atoms with Gasteiger partial charge in [-0.05, 0) is 26.0 Å². The van der Waals surface area contributed by atoms with Gasteiger partial charge < -0.3 is 4.57 Å². The van der Waals surface area contributed by atoms with E-state index in [2.05, 4.69) is 50.5 Å². The van der Waals surface area contributed by atoms with Crippen molar-refractivity contribution in [2.45, 2.75) is 44.1 Å². The first-order valence-electron chi connectivity index (χ1n) is 5.73. The van der Waals surface area contributed by atoms with Gasteiger partial charge in [0.05, 0.1) is 11.0 Å². The van der Waals surface area contributed by atoms with Crippen LogP contribution in [0.1, 0.15) is 33.7 Å². The van der Waals surface area contributed by atoms with Crippen LogP contribution in [0, 0.1) is 0 Å². The van der Waals surface area contributed by atoms with Gasteiger partial charge in [-0.1, -0.05) is 37.7 Å². The number of para-hydroxylation sites is 2. The summed E-state index contributed by atoms with van der Waals surface area (Å²) in [5.74, 6) is 0. The molecule has 0 aliphatic carbocycles. The first-order valence-corrected chi connectivity index (χ1v) is 6.61. The minimum atomic E-state index is 0.452. The minimum absolute atomic E-state index is 0.452. The fourth-order valence-electron chi connectivity index (χ4n) is 1.82. The van der Waals surface area contributed by atoms with Gasteiger partial charge in [0, 0.05) is 11.3 Å². The number of thioether (sulfide) groups is 1. The second-order valence-electron chi connectivity index (χ2n) is 4.51. The van der Waals surface area contributed by atoms with Crippen molar-refractivity contribution in [3.05, 3.63) is 24.3 Å². The molecule has 1 aromatic carbocycles. The molecule has 16 heavy (non-hydrogen) atoms. The maximum Gasteiger partial charge on any atom is 0.169 e. The maximum atomic E-state index is 4.70. The summed E-state index contributed by atoms with van der Waals surface area (Å²) in [6, 6.07) is 8.80. The van der Waals surface area contributed by atoms with E-state index in [9.17, 15) is 0 Å². The Morgan fingerprint density at radius 3 is 2.44 bits per heavy atom. The van der Waals surface area contributed by atoms with E-state index in [0.717, 1.165) is 10.7 Å². The lowest BCUT2D eigenvalue weighted by Gasteiger charge is -2.13. The number of benzene rings is 1. The highest BCUT2D eigenvalue weighted by Crippen LogP contribution is 2.29. The summed E-state index contributed by atoms with van der Waals surface area (Å²) in [6.45, 7) is 8.82. The molecule has 2 aromatic rings. The fourth-order valence-corrected chi connectivity index (χ4v) is 2.81. The molecule has 0 radical (unpaired) electrons. The zero-order valence-corrected chi connectivity index (χ0v) is 11.1. The van der Waals surface area contributed by atoms with Gasteiger partial charge in [0.1, 0.15) is 0 Å². The molecule has 2 rings (SSSR count). The molecule has 0 aliphatic heterocycles. The van der Waals surface area contributed by atoms with Crippen molar-refractivity contribution in [2.24, 2.45) is 0 Å². The molecule has 0 N–H and O–H groups in total. The minimum Gasteiger partial charge on any atom is -0.316 e. The van der Waals surface area contributed by atoms with Crippen LogP contribution in [0.4, 0.5) is 0 Å². The zero-order valence-electron chi connectivity index (χ0n) is 10.3. The molecule has 3 heteroatoms. The predicted octanol–water partition coefficient (Wildman–Crippen LogP) is 4.12. The monoisotopic (exact) mass is 234 g/mol. The number of imidazole rings is 1. The van der Waals surface area contributed by atoms with E-state index in [-0.39, 0.29) is 0 Å². The lowest BCUT2D eigenvalue weighted by Crippen LogP contribution is -2.03. The first kappa shape index (κ1) is 11.5. The average molecular weight is 234 g/mol. The average Bonchev–Trinajstić information content (AvgIpc) is 2.53. The Kier molecular flexibility index (Phi) is 3.24. The Balaban J connectivity index is 2.58. The van der Waals surface area contributed by atoms with Crippen molar-refractivity contribution >= 4 is 22.8 Å². The van der Waals surface area contributed by atoms with Gasteiger partial charge in [0.2, 0.25) is 0 Å². The summed E-state index contributed by atoms with van der Waals surface area (Å²) in [7, 11) is 0. The van der Waals surface area contributed by atoms with Gasteiger partial charge in [-0.25, -0.2) is 4.98 Å². The van der Waals surface area contributed by atoms with Gasteiger partial charge in [-0.15, -0.1) is 0 Å². The highest BCUT2D eigenvalue weighted by atomic mass is 32.2. The number of fused-ring (bicyclic) bond motifs is 1. The normalized spacial score (nSPS) is 11.9. The van der Waals surface area contributed by atoms with Gasteiger partial charge in [-0.2, -0.15) is 0 Å². The Bertz CT molecular complexity index is 486. The summed E-state index contributed by atoms with van der Waals surface area (Å²) in [4.78, 5) is 4.70. The van der Waals surface area contributed by atoms with Crippen LogP contribution in [0.15, 0.2) is 29.4 Å². The smallest absolute Gasteiger partial charge is 0.169 e. The van der Waals surface area contributed by atoms with Crippen LogP contribution in [0.5, 0.6) is 0 Å². The molecule has 1 aromatic heterocycles. The van der Waals surface area contributed by atoms with Crippen LogP contribution in [0.3, 0.4) is 0 Å². The predicted molar refractivity (Wildman–Crippen MR) is 71.1 cm³/mol. The zero-order chi connectivity index (χ0) is 11.7.